The molecule has 0 amide bonds. The number of nitrogens with zero attached hydrogens (tertiary/aromatic N) is 1. The van der Waals surface area contributed by atoms with E-state index < -0.39 is 0 Å². The van der Waals surface area contributed by atoms with Crippen molar-refractivity contribution in [2.75, 3.05) is 20.1 Å². The van der Waals surface area contributed by atoms with Crippen LogP contribution in [-0.2, 0) is 0 Å². The van der Waals surface area contributed by atoms with Crippen LogP contribution in [-0.4, -0.2) is 31.0 Å². The van der Waals surface area contributed by atoms with Crippen molar-refractivity contribution in [3.63, 3.8) is 0 Å². The standard InChI is InChI=1S/C10H22BNS.2C2H6/c1-10(2)7-9(11(3)13)5-6-12(4)8-10;2*1-2/h9,13H,5-8H2,1-4H3;2*1-2H3. The molecule has 1 rings (SSSR count). The number of likely N-dealkylation sites (tertiary alicyclic amines) is 1. The third-order valence-electron chi connectivity index (χ3n) is 3.08. The van der Waals surface area contributed by atoms with E-state index in [1.165, 1.54) is 25.9 Å². The molecule has 1 aliphatic heterocycles. The van der Waals surface area contributed by atoms with E-state index >= 15 is 0 Å². The molecule has 3 heteroatoms. The van der Waals surface area contributed by atoms with Gasteiger partial charge in [-0.3, -0.25) is 0 Å². The largest absolute Gasteiger partial charge is 0.306 e. The number of rotatable bonds is 1. The van der Waals surface area contributed by atoms with Crippen LogP contribution in [0.2, 0.25) is 12.6 Å². The summed E-state index contributed by atoms with van der Waals surface area (Å²) >= 11 is 4.58. The van der Waals surface area contributed by atoms with Crippen LogP contribution in [0.4, 0.5) is 0 Å². The van der Waals surface area contributed by atoms with Crippen molar-refractivity contribution < 1.29 is 0 Å². The molecule has 1 fully saturated rings. The van der Waals surface area contributed by atoms with Gasteiger partial charge in [0.05, 0.1) is 0 Å². The van der Waals surface area contributed by atoms with E-state index in [0.29, 0.717) is 11.4 Å². The Morgan fingerprint density at radius 3 is 2.06 bits per heavy atom. The van der Waals surface area contributed by atoms with E-state index in [2.05, 4.69) is 45.1 Å². The first-order valence-electron chi connectivity index (χ1n) is 7.27. The zero-order valence-corrected chi connectivity index (χ0v) is 14.3. The molecule has 0 N–H and O–H groups in total. The van der Waals surface area contributed by atoms with Crippen LogP contribution in [0.3, 0.4) is 0 Å². The Labute approximate surface area is 116 Å². The first-order valence-corrected chi connectivity index (χ1v) is 7.79. The summed E-state index contributed by atoms with van der Waals surface area (Å²) in [7, 11) is 2.23. The predicted molar refractivity (Wildman–Crippen MR) is 87.6 cm³/mol. The monoisotopic (exact) mass is 259 g/mol. The Bertz CT molecular complexity index is 172. The van der Waals surface area contributed by atoms with Crippen molar-refractivity contribution in [3.05, 3.63) is 0 Å². The van der Waals surface area contributed by atoms with Gasteiger partial charge in [0.1, 0.15) is 0 Å². The van der Waals surface area contributed by atoms with E-state index in [9.17, 15) is 0 Å². The Morgan fingerprint density at radius 2 is 1.65 bits per heavy atom. The van der Waals surface area contributed by atoms with Gasteiger partial charge in [0.2, 0.25) is 5.99 Å². The van der Waals surface area contributed by atoms with Gasteiger partial charge in [-0.25, -0.2) is 12.5 Å². The van der Waals surface area contributed by atoms with Gasteiger partial charge in [-0.15, -0.1) is 0 Å². The van der Waals surface area contributed by atoms with Crippen LogP contribution in [0.15, 0.2) is 0 Å². The molecule has 1 heterocycles. The molecule has 0 aromatic heterocycles. The van der Waals surface area contributed by atoms with Crippen LogP contribution >= 0.6 is 12.5 Å². The van der Waals surface area contributed by atoms with Crippen LogP contribution in [0, 0.1) is 5.41 Å². The Kier molecular flexibility index (Phi) is 12.0. The summed E-state index contributed by atoms with van der Waals surface area (Å²) in [6, 6.07) is 0. The van der Waals surface area contributed by atoms with Gasteiger partial charge in [-0.05, 0) is 31.8 Å². The number of thiol groups is 1. The average molecular weight is 259 g/mol. The van der Waals surface area contributed by atoms with E-state index in [4.69, 9.17) is 0 Å². The van der Waals surface area contributed by atoms with Gasteiger partial charge >= 0.3 is 0 Å². The highest BCUT2D eigenvalue weighted by molar-refractivity contribution is 8.10. The lowest BCUT2D eigenvalue weighted by molar-refractivity contribution is 0.228. The van der Waals surface area contributed by atoms with Crippen molar-refractivity contribution in [2.45, 2.75) is 67.0 Å². The van der Waals surface area contributed by atoms with Crippen LogP contribution in [0.5, 0.6) is 0 Å². The summed E-state index contributed by atoms with van der Waals surface area (Å²) in [5.41, 5.74) is 0.465. The maximum atomic E-state index is 4.58. The summed E-state index contributed by atoms with van der Waals surface area (Å²) in [5, 5.41) is 0. The normalized spacial score (nSPS) is 23.5. The molecule has 1 nitrogen and oxygen atoms in total. The van der Waals surface area contributed by atoms with E-state index in [0.717, 1.165) is 5.82 Å². The molecule has 0 radical (unpaired) electrons. The molecule has 104 valence electrons. The highest BCUT2D eigenvalue weighted by atomic mass is 32.1. The fraction of sp³-hybridized carbons (Fsp3) is 1.00. The second-order valence-electron chi connectivity index (χ2n) is 5.40. The van der Waals surface area contributed by atoms with Gasteiger partial charge in [0.15, 0.2) is 0 Å². The average Bonchev–Trinajstić information content (AvgIpc) is 2.41. The third kappa shape index (κ3) is 9.01. The second kappa shape index (κ2) is 10.3. The van der Waals surface area contributed by atoms with Gasteiger partial charge in [-0.1, -0.05) is 54.2 Å². The molecule has 0 spiro atoms. The summed E-state index contributed by atoms with van der Waals surface area (Å²) in [5.74, 6) is 1.34. The maximum absolute atomic E-state index is 4.58. The Morgan fingerprint density at radius 1 is 1.18 bits per heavy atom. The molecule has 1 atom stereocenters. The van der Waals surface area contributed by atoms with Gasteiger partial charge < -0.3 is 4.90 Å². The third-order valence-corrected chi connectivity index (χ3v) is 3.50. The quantitative estimate of drug-likeness (QED) is 0.527. The van der Waals surface area contributed by atoms with Gasteiger partial charge in [-0.2, -0.15) is 0 Å². The molecule has 0 bridgehead atoms. The van der Waals surface area contributed by atoms with E-state index in [1.807, 2.05) is 27.7 Å². The molecular formula is C14H34BNS. The molecular weight excluding hydrogens is 225 g/mol. The fourth-order valence-electron chi connectivity index (χ4n) is 2.48. The minimum absolute atomic E-state index is 0.465. The zero-order chi connectivity index (χ0) is 14.1. The minimum atomic E-state index is 0.465. The molecule has 0 aromatic rings. The van der Waals surface area contributed by atoms with Crippen LogP contribution in [0.25, 0.3) is 0 Å². The summed E-state index contributed by atoms with van der Waals surface area (Å²) < 4.78 is 0. The Balaban J connectivity index is 0. The highest BCUT2D eigenvalue weighted by Gasteiger charge is 2.31. The number of hydrogen-bond acceptors (Lipinski definition) is 2. The molecule has 0 aromatic carbocycles. The van der Waals surface area contributed by atoms with E-state index in [1.54, 1.807) is 0 Å². The lowest BCUT2D eigenvalue weighted by Crippen LogP contribution is -2.29. The van der Waals surface area contributed by atoms with Gasteiger partial charge in [0, 0.05) is 6.54 Å². The van der Waals surface area contributed by atoms with Crippen LogP contribution < -0.4 is 0 Å². The van der Waals surface area contributed by atoms with E-state index in [-0.39, 0.29) is 0 Å². The minimum Gasteiger partial charge on any atom is -0.306 e. The molecule has 17 heavy (non-hydrogen) atoms. The lowest BCUT2D eigenvalue weighted by Gasteiger charge is -2.28. The molecule has 1 aliphatic rings. The topological polar surface area (TPSA) is 3.24 Å². The first kappa shape index (κ1) is 19.7. The van der Waals surface area contributed by atoms with Crippen molar-refractivity contribution in [1.82, 2.24) is 4.90 Å². The SMILES string of the molecule is CB(S)C1CCN(C)CC(C)(C)C1.CC.CC. The van der Waals surface area contributed by atoms with Crippen molar-refractivity contribution in [3.8, 4) is 0 Å². The Hall–Kier alpha value is 0.375. The molecule has 0 saturated carbocycles. The summed E-state index contributed by atoms with van der Waals surface area (Å²) in [6.45, 7) is 17.4. The predicted octanol–water partition coefficient (Wildman–Crippen LogP) is 4.71. The fourth-order valence-corrected chi connectivity index (χ4v) is 2.74. The zero-order valence-electron chi connectivity index (χ0n) is 13.4. The van der Waals surface area contributed by atoms with Gasteiger partial charge in [0.25, 0.3) is 0 Å². The molecule has 0 aliphatic carbocycles. The van der Waals surface area contributed by atoms with Crippen LogP contribution in [0.1, 0.15) is 54.4 Å². The highest BCUT2D eigenvalue weighted by Crippen LogP contribution is 2.36. The van der Waals surface area contributed by atoms with Crippen molar-refractivity contribution in [1.29, 1.82) is 0 Å². The molecule has 1 unspecified atom stereocenters. The second-order valence-corrected chi connectivity index (χ2v) is 6.21. The molecule has 1 saturated heterocycles. The maximum Gasteiger partial charge on any atom is 0.205 e. The smallest absolute Gasteiger partial charge is 0.205 e. The van der Waals surface area contributed by atoms with Crippen molar-refractivity contribution >= 4 is 18.5 Å². The summed E-state index contributed by atoms with van der Waals surface area (Å²) in [6.07, 6.45) is 2.63. The lowest BCUT2D eigenvalue weighted by atomic mass is 9.59. The summed E-state index contributed by atoms with van der Waals surface area (Å²) in [4.78, 5) is 2.45. The first-order chi connectivity index (χ1) is 7.91. The van der Waals surface area contributed by atoms with Crippen molar-refractivity contribution in [2.24, 2.45) is 5.41 Å². The number of hydrogen-bond donors (Lipinski definition) is 1.